The van der Waals surface area contributed by atoms with Gasteiger partial charge >= 0.3 is 11.9 Å². The molecule has 0 atom stereocenters. The molecule has 0 fully saturated rings. The van der Waals surface area contributed by atoms with Gasteiger partial charge in [-0.15, -0.1) is 0 Å². The molecule has 0 bridgehead atoms. The van der Waals surface area contributed by atoms with Crippen molar-refractivity contribution < 1.29 is 38.1 Å². The highest BCUT2D eigenvalue weighted by Gasteiger charge is 2.14. The van der Waals surface area contributed by atoms with Crippen LogP contribution in [-0.2, 0) is 9.59 Å². The molecule has 0 saturated carbocycles. The van der Waals surface area contributed by atoms with Gasteiger partial charge < -0.3 is 18.9 Å². The molecule has 0 aliphatic rings. The molecule has 0 heterocycles. The largest absolute Gasteiger partial charge is 0.493 e. The third-order valence-corrected chi connectivity index (χ3v) is 8.86. The average molecular weight is 865 g/mol. The van der Waals surface area contributed by atoms with E-state index in [-0.39, 0.29) is 23.3 Å². The number of rotatable bonds is 19. The summed E-state index contributed by atoms with van der Waals surface area (Å²) in [6, 6.07) is 23.6. The van der Waals surface area contributed by atoms with Crippen molar-refractivity contribution in [2.75, 3.05) is 14.2 Å². The Kier molecular flexibility index (Phi) is 16.9. The summed E-state index contributed by atoms with van der Waals surface area (Å²) in [4.78, 5) is 49.4. The Labute approximate surface area is 330 Å². The number of carbonyl (C=O) groups is 4. The smallest absolute Gasteiger partial charge is 0.343 e. The lowest BCUT2D eigenvalue weighted by molar-refractivity contribution is -0.122. The van der Waals surface area contributed by atoms with Crippen molar-refractivity contribution in [1.82, 2.24) is 10.9 Å². The van der Waals surface area contributed by atoms with Gasteiger partial charge in [-0.3, -0.25) is 9.59 Å². The van der Waals surface area contributed by atoms with Crippen LogP contribution in [0.25, 0.3) is 0 Å². The molecule has 0 radical (unpaired) electrons. The van der Waals surface area contributed by atoms with Crippen molar-refractivity contribution in [3.05, 3.63) is 116 Å². The van der Waals surface area contributed by atoms with Crippen LogP contribution < -0.4 is 29.8 Å². The maximum Gasteiger partial charge on any atom is 0.343 e. The fraction of sp³-hybridized carbons (Fsp3) is 0.250. The molecule has 2 N–H and O–H groups in total. The quantitative estimate of drug-likeness (QED) is 0.0314. The van der Waals surface area contributed by atoms with Crippen LogP contribution >= 0.6 is 31.9 Å². The lowest BCUT2D eigenvalue weighted by Crippen LogP contribution is -2.17. The van der Waals surface area contributed by atoms with Crippen LogP contribution in [0, 0.1) is 0 Å². The summed E-state index contributed by atoms with van der Waals surface area (Å²) in [5.74, 6) is -0.169. The minimum Gasteiger partial charge on any atom is -0.493 e. The minimum atomic E-state index is -0.511. The van der Waals surface area contributed by atoms with Gasteiger partial charge in [-0.1, -0.05) is 57.5 Å². The normalized spacial score (nSPS) is 11.0. The maximum atomic E-state index is 12.5. The molecule has 0 aromatic heterocycles. The van der Waals surface area contributed by atoms with Crippen molar-refractivity contribution >= 4 is 68.0 Å². The van der Waals surface area contributed by atoms with Gasteiger partial charge in [-0.2, -0.15) is 10.2 Å². The summed E-state index contributed by atoms with van der Waals surface area (Å²) in [6.45, 7) is 0. The number of hydrazone groups is 2. The lowest BCUT2D eigenvalue weighted by atomic mass is 10.1. The molecule has 54 heavy (non-hydrogen) atoms. The van der Waals surface area contributed by atoms with Crippen molar-refractivity contribution in [2.45, 2.75) is 51.4 Å². The number of halogens is 2. The maximum absolute atomic E-state index is 12.5. The molecular formula is C40H40Br2N4O8. The fourth-order valence-corrected chi connectivity index (χ4v) is 5.46. The Bertz CT molecular complexity index is 1810. The van der Waals surface area contributed by atoms with Crippen LogP contribution in [0.1, 0.15) is 83.2 Å². The van der Waals surface area contributed by atoms with E-state index in [0.717, 1.165) is 47.5 Å². The van der Waals surface area contributed by atoms with Gasteiger partial charge in [0.25, 0.3) is 0 Å². The predicted molar refractivity (Wildman–Crippen MR) is 213 cm³/mol. The van der Waals surface area contributed by atoms with Gasteiger partial charge in [0, 0.05) is 21.8 Å². The first-order valence-electron chi connectivity index (χ1n) is 17.1. The number of hydrogen-bond donors (Lipinski definition) is 2. The molecule has 0 spiro atoms. The van der Waals surface area contributed by atoms with Gasteiger partial charge in [-0.05, 0) is 109 Å². The Morgan fingerprint density at radius 1 is 0.537 bits per heavy atom. The molecule has 0 aliphatic heterocycles. The summed E-state index contributed by atoms with van der Waals surface area (Å²) in [5, 5.41) is 8.05. The third-order valence-electron chi connectivity index (χ3n) is 7.80. The van der Waals surface area contributed by atoms with E-state index in [4.69, 9.17) is 18.9 Å². The van der Waals surface area contributed by atoms with E-state index < -0.39 is 11.9 Å². The molecule has 0 saturated heterocycles. The van der Waals surface area contributed by atoms with Gasteiger partial charge in [0.15, 0.2) is 23.0 Å². The van der Waals surface area contributed by atoms with Gasteiger partial charge in [0.1, 0.15) is 0 Å². The number of unbranched alkanes of at least 4 members (excludes halogenated alkanes) is 5. The Morgan fingerprint density at radius 3 is 1.28 bits per heavy atom. The lowest BCUT2D eigenvalue weighted by Gasteiger charge is -2.10. The van der Waals surface area contributed by atoms with Crippen molar-refractivity contribution in [3.8, 4) is 23.0 Å². The van der Waals surface area contributed by atoms with Crippen LogP contribution in [0.4, 0.5) is 0 Å². The second-order valence-electron chi connectivity index (χ2n) is 11.8. The SMILES string of the molecule is COc1cc(C=NNC(=O)CCCCCCCCC(=O)NN=Cc2ccc(OC(=O)c3ccc(Br)cc3)c(OC)c2)ccc1OC(=O)c1ccc(Br)cc1. The van der Waals surface area contributed by atoms with E-state index in [1.165, 1.54) is 26.6 Å². The van der Waals surface area contributed by atoms with E-state index in [1.54, 1.807) is 84.9 Å². The number of nitrogens with one attached hydrogen (secondary N) is 2. The first kappa shape index (κ1) is 41.4. The molecule has 12 nitrogen and oxygen atoms in total. The van der Waals surface area contributed by atoms with Gasteiger partial charge in [0.05, 0.1) is 37.8 Å². The summed E-state index contributed by atoms with van der Waals surface area (Å²) in [6.07, 6.45) is 8.79. The zero-order valence-corrected chi connectivity index (χ0v) is 33.0. The second-order valence-corrected chi connectivity index (χ2v) is 13.7. The summed E-state index contributed by atoms with van der Waals surface area (Å²) in [7, 11) is 2.94. The molecule has 0 unspecified atom stereocenters. The number of carbonyl (C=O) groups excluding carboxylic acids is 4. The van der Waals surface area contributed by atoms with Crippen LogP contribution in [0.3, 0.4) is 0 Å². The number of ether oxygens (including phenoxy) is 4. The van der Waals surface area contributed by atoms with Crippen LogP contribution in [0.5, 0.6) is 23.0 Å². The van der Waals surface area contributed by atoms with E-state index in [2.05, 4.69) is 52.9 Å². The number of benzene rings is 4. The van der Waals surface area contributed by atoms with E-state index in [9.17, 15) is 19.2 Å². The zero-order valence-electron chi connectivity index (χ0n) is 29.8. The Balaban J connectivity index is 1.06. The molecule has 4 rings (SSSR count). The van der Waals surface area contributed by atoms with E-state index in [0.29, 0.717) is 46.6 Å². The molecular weight excluding hydrogens is 824 g/mol. The van der Waals surface area contributed by atoms with E-state index in [1.807, 2.05) is 0 Å². The molecule has 282 valence electrons. The number of esters is 2. The van der Waals surface area contributed by atoms with Crippen molar-refractivity contribution in [3.63, 3.8) is 0 Å². The summed E-state index contributed by atoms with van der Waals surface area (Å²) in [5.41, 5.74) is 7.18. The minimum absolute atomic E-state index is 0.190. The first-order chi connectivity index (χ1) is 26.1. The number of hydrogen-bond acceptors (Lipinski definition) is 10. The highest BCUT2D eigenvalue weighted by Crippen LogP contribution is 2.30. The van der Waals surface area contributed by atoms with Crippen LogP contribution in [0.2, 0.25) is 0 Å². The molecule has 0 aliphatic carbocycles. The second kappa shape index (κ2) is 22.0. The molecule has 4 aromatic carbocycles. The van der Waals surface area contributed by atoms with Crippen LogP contribution in [-0.4, -0.2) is 50.4 Å². The number of amides is 2. The monoisotopic (exact) mass is 862 g/mol. The topological polar surface area (TPSA) is 154 Å². The number of methoxy groups -OCH3 is 2. The molecule has 4 aromatic rings. The van der Waals surface area contributed by atoms with Gasteiger partial charge in [-0.25, -0.2) is 20.4 Å². The van der Waals surface area contributed by atoms with E-state index >= 15 is 0 Å². The highest BCUT2D eigenvalue weighted by atomic mass is 79.9. The van der Waals surface area contributed by atoms with Crippen molar-refractivity contribution in [1.29, 1.82) is 0 Å². The summed E-state index contributed by atoms with van der Waals surface area (Å²) >= 11 is 6.68. The van der Waals surface area contributed by atoms with Crippen molar-refractivity contribution in [2.24, 2.45) is 10.2 Å². The predicted octanol–water partition coefficient (Wildman–Crippen LogP) is 8.39. The van der Waals surface area contributed by atoms with Crippen LogP contribution in [0.15, 0.2) is 104 Å². The Hall–Kier alpha value is -5.34. The molecule has 2 amide bonds. The zero-order chi connectivity index (χ0) is 38.7. The summed E-state index contributed by atoms with van der Waals surface area (Å²) < 4.78 is 23.4. The fourth-order valence-electron chi connectivity index (χ4n) is 4.93. The van der Waals surface area contributed by atoms with Gasteiger partial charge in [0.2, 0.25) is 11.8 Å². The number of nitrogens with zero attached hydrogens (tertiary/aromatic N) is 2. The standard InChI is InChI=1S/C40H40Br2N4O8/c1-51-35-23-27(11-21-33(35)53-39(49)29-13-17-31(41)18-14-29)25-43-45-37(47)9-7-5-3-4-6-8-10-38(48)46-44-26-28-12-22-34(36(24-28)52-2)54-40(50)30-15-19-32(42)20-16-30/h11-26H,3-10H2,1-2H3,(H,45,47)(H,46,48). The average Bonchev–Trinajstić information content (AvgIpc) is 3.17. The first-order valence-corrected chi connectivity index (χ1v) is 18.7. The Morgan fingerprint density at radius 2 is 0.907 bits per heavy atom. The third kappa shape index (κ3) is 13.9. The molecule has 14 heteroatoms. The highest BCUT2D eigenvalue weighted by molar-refractivity contribution is 9.10.